The van der Waals surface area contributed by atoms with E-state index in [-0.39, 0.29) is 12.5 Å². The molecule has 1 amide bonds. The number of hydrogen-bond acceptors (Lipinski definition) is 5. The number of anilines is 1. The van der Waals surface area contributed by atoms with Crippen LogP contribution in [0.2, 0.25) is 0 Å². The van der Waals surface area contributed by atoms with Crippen molar-refractivity contribution < 1.29 is 9.90 Å². The molecule has 0 aliphatic rings. The summed E-state index contributed by atoms with van der Waals surface area (Å²) in [6.07, 6.45) is 0.842. The summed E-state index contributed by atoms with van der Waals surface area (Å²) in [5, 5.41) is 11.8. The SMILES string of the molecule is CCCN(CCO)C(=O)c1cc(C)nc(NC)n1. The Morgan fingerprint density at radius 2 is 2.17 bits per heavy atom. The maximum absolute atomic E-state index is 12.2. The monoisotopic (exact) mass is 252 g/mol. The number of rotatable bonds is 6. The molecule has 1 aromatic rings. The Bertz CT molecular complexity index is 403. The summed E-state index contributed by atoms with van der Waals surface area (Å²) in [4.78, 5) is 22.1. The lowest BCUT2D eigenvalue weighted by molar-refractivity contribution is 0.0716. The third kappa shape index (κ3) is 3.66. The Labute approximate surface area is 107 Å². The van der Waals surface area contributed by atoms with Crippen molar-refractivity contribution in [2.45, 2.75) is 20.3 Å². The third-order valence-electron chi connectivity index (χ3n) is 2.45. The molecule has 100 valence electrons. The second-order valence-electron chi connectivity index (χ2n) is 3.98. The van der Waals surface area contributed by atoms with Gasteiger partial charge in [0.1, 0.15) is 5.69 Å². The van der Waals surface area contributed by atoms with E-state index in [1.54, 1.807) is 18.0 Å². The van der Waals surface area contributed by atoms with Gasteiger partial charge in [-0.05, 0) is 19.4 Å². The van der Waals surface area contributed by atoms with Gasteiger partial charge in [0, 0.05) is 25.8 Å². The van der Waals surface area contributed by atoms with Gasteiger partial charge in [0.15, 0.2) is 0 Å². The third-order valence-corrected chi connectivity index (χ3v) is 2.45. The van der Waals surface area contributed by atoms with Crippen LogP contribution in [0.5, 0.6) is 0 Å². The maximum Gasteiger partial charge on any atom is 0.272 e. The normalized spacial score (nSPS) is 10.2. The van der Waals surface area contributed by atoms with Gasteiger partial charge < -0.3 is 15.3 Å². The molecule has 0 bridgehead atoms. The number of carbonyl (C=O) groups is 1. The molecule has 0 aromatic carbocycles. The van der Waals surface area contributed by atoms with Crippen LogP contribution in [0.1, 0.15) is 29.5 Å². The second kappa shape index (κ2) is 6.90. The van der Waals surface area contributed by atoms with E-state index in [1.807, 2.05) is 13.8 Å². The molecule has 18 heavy (non-hydrogen) atoms. The summed E-state index contributed by atoms with van der Waals surface area (Å²) >= 11 is 0. The molecule has 0 aliphatic carbocycles. The minimum absolute atomic E-state index is 0.0469. The second-order valence-corrected chi connectivity index (χ2v) is 3.98. The van der Waals surface area contributed by atoms with E-state index >= 15 is 0 Å². The van der Waals surface area contributed by atoms with Crippen molar-refractivity contribution in [1.82, 2.24) is 14.9 Å². The average molecular weight is 252 g/mol. The van der Waals surface area contributed by atoms with Crippen molar-refractivity contribution in [3.63, 3.8) is 0 Å². The summed E-state index contributed by atoms with van der Waals surface area (Å²) in [6, 6.07) is 1.66. The van der Waals surface area contributed by atoms with Crippen LogP contribution < -0.4 is 5.32 Å². The van der Waals surface area contributed by atoms with Crippen LogP contribution in [0.15, 0.2) is 6.07 Å². The highest BCUT2D eigenvalue weighted by Gasteiger charge is 2.17. The number of hydrogen-bond donors (Lipinski definition) is 2. The van der Waals surface area contributed by atoms with Crippen molar-refractivity contribution in [2.24, 2.45) is 0 Å². The predicted molar refractivity (Wildman–Crippen MR) is 69.6 cm³/mol. The highest BCUT2D eigenvalue weighted by Crippen LogP contribution is 2.08. The molecule has 0 atom stereocenters. The van der Waals surface area contributed by atoms with Gasteiger partial charge >= 0.3 is 0 Å². The summed E-state index contributed by atoms with van der Waals surface area (Å²) in [6.45, 7) is 4.69. The number of aromatic nitrogens is 2. The molecule has 2 N–H and O–H groups in total. The number of carbonyl (C=O) groups excluding carboxylic acids is 1. The summed E-state index contributed by atoms with van der Waals surface area (Å²) in [7, 11) is 1.71. The molecule has 0 saturated heterocycles. The van der Waals surface area contributed by atoms with E-state index in [1.165, 1.54) is 0 Å². The molecule has 0 saturated carbocycles. The van der Waals surface area contributed by atoms with E-state index in [0.717, 1.165) is 12.1 Å². The Hall–Kier alpha value is -1.69. The first kappa shape index (κ1) is 14.4. The van der Waals surface area contributed by atoms with Crippen LogP contribution >= 0.6 is 0 Å². The van der Waals surface area contributed by atoms with Gasteiger partial charge in [0.25, 0.3) is 5.91 Å². The lowest BCUT2D eigenvalue weighted by atomic mass is 10.3. The molecule has 1 rings (SSSR count). The number of aryl methyl sites for hydroxylation is 1. The van der Waals surface area contributed by atoms with Crippen molar-refractivity contribution in [3.05, 3.63) is 17.5 Å². The average Bonchev–Trinajstić information content (AvgIpc) is 2.36. The number of nitrogens with one attached hydrogen (secondary N) is 1. The summed E-state index contributed by atoms with van der Waals surface area (Å²) in [5.74, 6) is 0.256. The van der Waals surface area contributed by atoms with Crippen LogP contribution in [-0.2, 0) is 0 Å². The minimum atomic E-state index is -0.173. The summed E-state index contributed by atoms with van der Waals surface area (Å²) < 4.78 is 0. The fraction of sp³-hybridized carbons (Fsp3) is 0.583. The Morgan fingerprint density at radius 3 is 2.72 bits per heavy atom. The molecule has 6 nitrogen and oxygen atoms in total. The van der Waals surface area contributed by atoms with E-state index < -0.39 is 0 Å². The van der Waals surface area contributed by atoms with Gasteiger partial charge in [-0.15, -0.1) is 0 Å². The number of aliphatic hydroxyl groups excluding tert-OH is 1. The Morgan fingerprint density at radius 1 is 1.44 bits per heavy atom. The minimum Gasteiger partial charge on any atom is -0.395 e. The Balaban J connectivity index is 2.96. The van der Waals surface area contributed by atoms with Crippen LogP contribution in [0.25, 0.3) is 0 Å². The molecule has 1 heterocycles. The smallest absolute Gasteiger partial charge is 0.272 e. The first-order valence-electron chi connectivity index (χ1n) is 6.06. The van der Waals surface area contributed by atoms with Crippen LogP contribution in [0.3, 0.4) is 0 Å². The van der Waals surface area contributed by atoms with Gasteiger partial charge in [-0.3, -0.25) is 4.79 Å². The Kier molecular flexibility index (Phi) is 5.51. The molecule has 0 aliphatic heterocycles. The fourth-order valence-electron chi connectivity index (χ4n) is 1.66. The van der Waals surface area contributed by atoms with Crippen LogP contribution in [-0.4, -0.2) is 52.6 Å². The molecule has 0 spiro atoms. The molecule has 0 radical (unpaired) electrons. The highest BCUT2D eigenvalue weighted by atomic mass is 16.3. The van der Waals surface area contributed by atoms with Gasteiger partial charge in [0.05, 0.1) is 6.61 Å². The standard InChI is InChI=1S/C12H20N4O2/c1-4-5-16(6-7-17)11(18)10-8-9(2)14-12(13-3)15-10/h8,17H,4-7H2,1-3H3,(H,13,14,15). The largest absolute Gasteiger partial charge is 0.395 e. The van der Waals surface area contributed by atoms with E-state index in [2.05, 4.69) is 15.3 Å². The van der Waals surface area contributed by atoms with Crippen molar-refractivity contribution in [2.75, 3.05) is 32.1 Å². The lowest BCUT2D eigenvalue weighted by Gasteiger charge is -2.20. The number of nitrogens with zero attached hydrogens (tertiary/aromatic N) is 3. The van der Waals surface area contributed by atoms with Gasteiger partial charge in [-0.25, -0.2) is 9.97 Å². The van der Waals surface area contributed by atoms with Gasteiger partial charge in [0.2, 0.25) is 5.95 Å². The first-order valence-corrected chi connectivity index (χ1v) is 6.06. The van der Waals surface area contributed by atoms with Crippen molar-refractivity contribution in [3.8, 4) is 0 Å². The van der Waals surface area contributed by atoms with E-state index in [4.69, 9.17) is 5.11 Å². The molecular formula is C12H20N4O2. The fourth-order valence-corrected chi connectivity index (χ4v) is 1.66. The lowest BCUT2D eigenvalue weighted by Crippen LogP contribution is -2.35. The molecule has 0 unspecified atom stereocenters. The maximum atomic E-state index is 12.2. The zero-order valence-corrected chi connectivity index (χ0v) is 11.1. The zero-order chi connectivity index (χ0) is 13.5. The van der Waals surface area contributed by atoms with E-state index in [0.29, 0.717) is 24.7 Å². The highest BCUT2D eigenvalue weighted by molar-refractivity contribution is 5.92. The van der Waals surface area contributed by atoms with Gasteiger partial charge in [-0.2, -0.15) is 0 Å². The molecule has 6 heteroatoms. The molecule has 0 fully saturated rings. The topological polar surface area (TPSA) is 78.3 Å². The predicted octanol–water partition coefficient (Wildman–Crippen LogP) is 0.671. The van der Waals surface area contributed by atoms with E-state index in [9.17, 15) is 4.79 Å². The van der Waals surface area contributed by atoms with Crippen LogP contribution in [0.4, 0.5) is 5.95 Å². The molecule has 1 aromatic heterocycles. The zero-order valence-electron chi connectivity index (χ0n) is 11.1. The van der Waals surface area contributed by atoms with Crippen LogP contribution in [0, 0.1) is 6.92 Å². The molecular weight excluding hydrogens is 232 g/mol. The number of amides is 1. The quantitative estimate of drug-likeness (QED) is 0.778. The van der Waals surface area contributed by atoms with Crippen molar-refractivity contribution >= 4 is 11.9 Å². The van der Waals surface area contributed by atoms with Gasteiger partial charge in [-0.1, -0.05) is 6.92 Å². The number of aliphatic hydroxyl groups is 1. The van der Waals surface area contributed by atoms with Crippen molar-refractivity contribution in [1.29, 1.82) is 0 Å². The summed E-state index contributed by atoms with van der Waals surface area (Å²) in [5.41, 5.74) is 1.09. The first-order chi connectivity index (χ1) is 8.62.